The van der Waals surface area contributed by atoms with Crippen molar-refractivity contribution >= 4 is 23.5 Å². The number of aromatic nitrogens is 1. The maximum Gasteiger partial charge on any atom is 0.257 e. The highest BCUT2D eigenvalue weighted by atomic mass is 32.2. The van der Waals surface area contributed by atoms with Crippen LogP contribution in [0.2, 0.25) is 0 Å². The highest BCUT2D eigenvalue weighted by molar-refractivity contribution is 7.99. The third-order valence-corrected chi connectivity index (χ3v) is 5.95. The Balaban J connectivity index is 1.47. The van der Waals surface area contributed by atoms with Crippen LogP contribution >= 0.6 is 11.8 Å². The average molecular weight is 457 g/mol. The molecule has 0 aliphatic heterocycles. The van der Waals surface area contributed by atoms with E-state index >= 15 is 0 Å². The average Bonchev–Trinajstić information content (AvgIpc) is 3.28. The second-order valence-corrected chi connectivity index (χ2v) is 8.53. The first-order valence-corrected chi connectivity index (χ1v) is 11.7. The van der Waals surface area contributed by atoms with Crippen molar-refractivity contribution < 1.29 is 14.0 Å². The molecule has 0 aliphatic rings. The highest BCUT2D eigenvalue weighted by Crippen LogP contribution is 2.35. The van der Waals surface area contributed by atoms with Gasteiger partial charge in [0.05, 0.1) is 11.8 Å². The van der Waals surface area contributed by atoms with Crippen molar-refractivity contribution in [2.75, 3.05) is 5.75 Å². The van der Waals surface area contributed by atoms with E-state index in [9.17, 15) is 9.59 Å². The molecule has 6 heteroatoms. The molecular formula is C27H24N2O3S. The van der Waals surface area contributed by atoms with Crippen molar-refractivity contribution in [1.82, 2.24) is 10.3 Å². The molecule has 33 heavy (non-hydrogen) atoms. The molecule has 0 aliphatic carbocycles. The minimum atomic E-state index is -0.565. The van der Waals surface area contributed by atoms with Gasteiger partial charge in [-0.2, -0.15) is 0 Å². The van der Waals surface area contributed by atoms with Crippen molar-refractivity contribution in [3.8, 4) is 22.6 Å². The van der Waals surface area contributed by atoms with Gasteiger partial charge in [0.15, 0.2) is 11.5 Å². The third-order valence-electron chi connectivity index (χ3n) is 5.13. The molecule has 166 valence electrons. The van der Waals surface area contributed by atoms with Gasteiger partial charge in [-0.25, -0.2) is 4.98 Å². The molecular weight excluding hydrogens is 432 g/mol. The van der Waals surface area contributed by atoms with Crippen LogP contribution in [0, 0.1) is 0 Å². The normalized spacial score (nSPS) is 11.7. The molecule has 0 radical (unpaired) electrons. The summed E-state index contributed by atoms with van der Waals surface area (Å²) in [6.07, 6.45) is 0.460. The van der Waals surface area contributed by atoms with Crippen LogP contribution in [0.1, 0.15) is 12.5 Å². The van der Waals surface area contributed by atoms with E-state index in [2.05, 4.69) is 10.3 Å². The van der Waals surface area contributed by atoms with Crippen LogP contribution in [0.5, 0.6) is 0 Å². The summed E-state index contributed by atoms with van der Waals surface area (Å²) in [6, 6.07) is 28.7. The molecule has 4 rings (SSSR count). The van der Waals surface area contributed by atoms with Crippen molar-refractivity contribution in [2.45, 2.75) is 24.6 Å². The zero-order valence-corrected chi connectivity index (χ0v) is 19.0. The number of nitrogens with zero attached hydrogens (tertiary/aromatic N) is 1. The van der Waals surface area contributed by atoms with Gasteiger partial charge in [0.25, 0.3) is 5.22 Å². The topological polar surface area (TPSA) is 72.2 Å². The van der Waals surface area contributed by atoms with Crippen LogP contribution in [-0.4, -0.2) is 28.5 Å². The number of carbonyl (C=O) groups is 2. The minimum absolute atomic E-state index is 0.0777. The zero-order chi connectivity index (χ0) is 23.0. The van der Waals surface area contributed by atoms with E-state index in [1.54, 1.807) is 0 Å². The molecule has 1 atom stereocenters. The quantitative estimate of drug-likeness (QED) is 0.341. The summed E-state index contributed by atoms with van der Waals surface area (Å²) in [5.74, 6) is 0.444. The molecule has 1 amide bonds. The Bertz CT molecular complexity index is 1150. The number of carbonyl (C=O) groups excluding carboxylic acids is 2. The van der Waals surface area contributed by atoms with E-state index in [0.717, 1.165) is 22.4 Å². The molecule has 3 aromatic carbocycles. The fourth-order valence-corrected chi connectivity index (χ4v) is 4.08. The van der Waals surface area contributed by atoms with Crippen molar-refractivity contribution in [3.05, 3.63) is 96.6 Å². The lowest BCUT2D eigenvalue weighted by atomic mass is 10.0. The van der Waals surface area contributed by atoms with E-state index < -0.39 is 6.04 Å². The van der Waals surface area contributed by atoms with E-state index in [1.165, 1.54) is 18.7 Å². The van der Waals surface area contributed by atoms with Gasteiger partial charge in [-0.3, -0.25) is 9.59 Å². The Labute approximate surface area is 197 Å². The van der Waals surface area contributed by atoms with Crippen LogP contribution < -0.4 is 5.32 Å². The number of thioether (sulfide) groups is 1. The van der Waals surface area contributed by atoms with Gasteiger partial charge in [0, 0.05) is 11.1 Å². The van der Waals surface area contributed by atoms with Gasteiger partial charge in [-0.05, 0) is 18.9 Å². The summed E-state index contributed by atoms with van der Waals surface area (Å²) in [5.41, 5.74) is 3.59. The molecule has 5 nitrogen and oxygen atoms in total. The lowest BCUT2D eigenvalue weighted by Gasteiger charge is -2.15. The lowest BCUT2D eigenvalue weighted by molar-refractivity contribution is -0.125. The molecule has 1 heterocycles. The van der Waals surface area contributed by atoms with Gasteiger partial charge in [0.1, 0.15) is 5.69 Å². The smallest absolute Gasteiger partial charge is 0.257 e. The Morgan fingerprint density at radius 3 is 2.06 bits per heavy atom. The summed E-state index contributed by atoms with van der Waals surface area (Å²) in [4.78, 5) is 29.3. The van der Waals surface area contributed by atoms with E-state index in [-0.39, 0.29) is 17.4 Å². The van der Waals surface area contributed by atoms with Crippen molar-refractivity contribution in [3.63, 3.8) is 0 Å². The number of hydrogen-bond acceptors (Lipinski definition) is 5. The summed E-state index contributed by atoms with van der Waals surface area (Å²) in [7, 11) is 0. The van der Waals surface area contributed by atoms with Gasteiger partial charge in [-0.15, -0.1) is 0 Å². The van der Waals surface area contributed by atoms with Crippen molar-refractivity contribution in [2.24, 2.45) is 0 Å². The minimum Gasteiger partial charge on any atom is -0.431 e. The van der Waals surface area contributed by atoms with Crippen LogP contribution in [-0.2, 0) is 16.0 Å². The first kappa shape index (κ1) is 22.6. The molecule has 1 N–H and O–H groups in total. The van der Waals surface area contributed by atoms with Gasteiger partial charge in [0.2, 0.25) is 5.91 Å². The number of nitrogens with one attached hydrogen (secondary N) is 1. The molecule has 1 aromatic heterocycles. The highest BCUT2D eigenvalue weighted by Gasteiger charge is 2.20. The number of rotatable bonds is 9. The molecule has 0 saturated heterocycles. The molecule has 0 fully saturated rings. The first-order valence-electron chi connectivity index (χ1n) is 10.7. The Morgan fingerprint density at radius 1 is 0.879 bits per heavy atom. The fourth-order valence-electron chi connectivity index (χ4n) is 3.45. The van der Waals surface area contributed by atoms with Crippen LogP contribution in [0.4, 0.5) is 0 Å². The molecule has 0 bridgehead atoms. The summed E-state index contributed by atoms with van der Waals surface area (Å²) >= 11 is 1.21. The molecule has 0 spiro atoms. The molecule has 0 saturated carbocycles. The fraction of sp³-hybridized carbons (Fsp3) is 0.148. The van der Waals surface area contributed by atoms with Gasteiger partial charge in [-0.1, -0.05) is 103 Å². The zero-order valence-electron chi connectivity index (χ0n) is 18.2. The standard InChI is InChI=1S/C27H24N2O3S/c1-19(30)23(17-20-11-5-2-6-12-20)28-24(31)18-33-27-29-25(21-13-7-3-8-14-21)26(32-27)22-15-9-4-10-16-22/h2-16,23H,17-18H2,1H3,(H,28,31). The van der Waals surface area contributed by atoms with E-state index in [4.69, 9.17) is 4.42 Å². The summed E-state index contributed by atoms with van der Waals surface area (Å²) in [6.45, 7) is 1.49. The Hall–Kier alpha value is -3.64. The lowest BCUT2D eigenvalue weighted by Crippen LogP contribution is -2.42. The number of ketones is 1. The Kier molecular flexibility index (Phi) is 7.37. The van der Waals surface area contributed by atoms with Crippen LogP contribution in [0.3, 0.4) is 0 Å². The SMILES string of the molecule is CC(=O)C(Cc1ccccc1)NC(=O)CSc1nc(-c2ccccc2)c(-c2ccccc2)o1. The first-order chi connectivity index (χ1) is 16.1. The van der Waals surface area contributed by atoms with Crippen LogP contribution in [0.15, 0.2) is 101 Å². The predicted octanol–water partition coefficient (Wildman–Crippen LogP) is 5.42. The maximum atomic E-state index is 12.6. The predicted molar refractivity (Wildman–Crippen MR) is 131 cm³/mol. The van der Waals surface area contributed by atoms with Gasteiger partial charge >= 0.3 is 0 Å². The molecule has 1 unspecified atom stereocenters. The monoisotopic (exact) mass is 456 g/mol. The number of Topliss-reactive ketones (excluding diaryl/α,β-unsaturated/α-hetero) is 1. The van der Waals surface area contributed by atoms with E-state index in [0.29, 0.717) is 17.4 Å². The van der Waals surface area contributed by atoms with Crippen molar-refractivity contribution in [1.29, 1.82) is 0 Å². The number of amides is 1. The molecule has 4 aromatic rings. The number of hydrogen-bond donors (Lipinski definition) is 1. The number of oxazole rings is 1. The largest absolute Gasteiger partial charge is 0.431 e. The van der Waals surface area contributed by atoms with E-state index in [1.807, 2.05) is 91.0 Å². The third kappa shape index (κ3) is 5.99. The second-order valence-electron chi connectivity index (χ2n) is 7.60. The summed E-state index contributed by atoms with van der Waals surface area (Å²) in [5, 5.41) is 3.25. The summed E-state index contributed by atoms with van der Waals surface area (Å²) < 4.78 is 6.06. The second kappa shape index (κ2) is 10.8. The van der Waals surface area contributed by atoms with Gasteiger partial charge < -0.3 is 9.73 Å². The Morgan fingerprint density at radius 2 is 1.45 bits per heavy atom. The maximum absolute atomic E-state index is 12.6. The number of benzene rings is 3. The van der Waals surface area contributed by atoms with Crippen LogP contribution in [0.25, 0.3) is 22.6 Å².